The average molecular weight is 336 g/mol. The van der Waals surface area contributed by atoms with Gasteiger partial charge in [0.25, 0.3) is 0 Å². The van der Waals surface area contributed by atoms with E-state index in [1.165, 1.54) is 0 Å². The van der Waals surface area contributed by atoms with E-state index in [-0.39, 0.29) is 12.3 Å². The summed E-state index contributed by atoms with van der Waals surface area (Å²) >= 11 is 0. The van der Waals surface area contributed by atoms with Crippen LogP contribution in [0.1, 0.15) is 22.6 Å². The van der Waals surface area contributed by atoms with Crippen LogP contribution in [-0.2, 0) is 24.4 Å². The number of carbonyl (C=O) groups is 1. The van der Waals surface area contributed by atoms with Gasteiger partial charge in [0.2, 0.25) is 5.91 Å². The van der Waals surface area contributed by atoms with Gasteiger partial charge < -0.3 is 14.6 Å². The number of para-hydroxylation sites is 1. The van der Waals surface area contributed by atoms with Crippen LogP contribution in [0.5, 0.6) is 5.75 Å². The number of aryl methyl sites for hydroxylation is 1. The molecule has 3 rings (SSSR count). The Hall–Kier alpha value is -3.08. The topological polar surface area (TPSA) is 64.4 Å². The summed E-state index contributed by atoms with van der Waals surface area (Å²) in [5, 5.41) is 6.75. The molecule has 0 spiro atoms. The molecule has 0 saturated carbocycles. The number of amides is 1. The maximum atomic E-state index is 12.1. The SMILES string of the molecule is Cc1cc(CC(=O)NCc2ccccc2COc2ccccc2)no1. The Bertz CT molecular complexity index is 828. The van der Waals surface area contributed by atoms with Crippen molar-refractivity contribution in [3.63, 3.8) is 0 Å². The van der Waals surface area contributed by atoms with E-state index in [1.807, 2.05) is 54.6 Å². The van der Waals surface area contributed by atoms with E-state index in [1.54, 1.807) is 13.0 Å². The number of nitrogens with one attached hydrogen (secondary N) is 1. The molecule has 5 heteroatoms. The third-order valence-corrected chi connectivity index (χ3v) is 3.75. The normalized spacial score (nSPS) is 10.4. The second-order valence-corrected chi connectivity index (χ2v) is 5.75. The molecule has 2 aromatic carbocycles. The van der Waals surface area contributed by atoms with E-state index in [0.29, 0.717) is 24.6 Å². The molecule has 5 nitrogen and oxygen atoms in total. The molecule has 128 valence electrons. The molecule has 1 aromatic heterocycles. The summed E-state index contributed by atoms with van der Waals surface area (Å²) in [6.07, 6.45) is 0.208. The van der Waals surface area contributed by atoms with Crippen molar-refractivity contribution in [2.75, 3.05) is 0 Å². The lowest BCUT2D eigenvalue weighted by molar-refractivity contribution is -0.120. The molecule has 0 aliphatic carbocycles. The van der Waals surface area contributed by atoms with E-state index >= 15 is 0 Å². The fourth-order valence-electron chi connectivity index (χ4n) is 2.47. The third-order valence-electron chi connectivity index (χ3n) is 3.75. The van der Waals surface area contributed by atoms with Crippen LogP contribution < -0.4 is 10.1 Å². The van der Waals surface area contributed by atoms with Crippen molar-refractivity contribution in [2.45, 2.75) is 26.5 Å². The molecule has 1 N–H and O–H groups in total. The standard InChI is InChI=1S/C20H20N2O3/c1-15-11-18(22-25-15)12-20(23)21-13-16-7-5-6-8-17(16)14-24-19-9-3-2-4-10-19/h2-11H,12-14H2,1H3,(H,21,23). The van der Waals surface area contributed by atoms with Crippen molar-refractivity contribution in [3.8, 4) is 5.75 Å². The van der Waals surface area contributed by atoms with Gasteiger partial charge in [-0.1, -0.05) is 47.6 Å². The number of carbonyl (C=O) groups excluding carboxylic acids is 1. The van der Waals surface area contributed by atoms with Crippen molar-refractivity contribution in [1.82, 2.24) is 10.5 Å². The van der Waals surface area contributed by atoms with Crippen molar-refractivity contribution in [3.05, 3.63) is 83.2 Å². The molecule has 25 heavy (non-hydrogen) atoms. The van der Waals surface area contributed by atoms with Crippen LogP contribution in [0.3, 0.4) is 0 Å². The van der Waals surface area contributed by atoms with Gasteiger partial charge in [0.05, 0.1) is 12.1 Å². The molecule has 0 aliphatic heterocycles. The molecule has 0 atom stereocenters. The number of rotatable bonds is 7. The van der Waals surface area contributed by atoms with Crippen molar-refractivity contribution in [1.29, 1.82) is 0 Å². The fraction of sp³-hybridized carbons (Fsp3) is 0.200. The molecule has 0 bridgehead atoms. The minimum Gasteiger partial charge on any atom is -0.489 e. The van der Waals surface area contributed by atoms with Crippen molar-refractivity contribution < 1.29 is 14.1 Å². The second kappa shape index (κ2) is 8.15. The predicted octanol–water partition coefficient (Wildman–Crippen LogP) is 3.42. The van der Waals surface area contributed by atoms with Gasteiger partial charge in [0.1, 0.15) is 18.1 Å². The number of hydrogen-bond donors (Lipinski definition) is 1. The fourth-order valence-corrected chi connectivity index (χ4v) is 2.47. The summed E-state index contributed by atoms with van der Waals surface area (Å²) in [5.41, 5.74) is 2.71. The highest BCUT2D eigenvalue weighted by molar-refractivity contribution is 5.78. The van der Waals surface area contributed by atoms with Gasteiger partial charge >= 0.3 is 0 Å². The largest absolute Gasteiger partial charge is 0.489 e. The Morgan fingerprint density at radius 1 is 1.08 bits per heavy atom. The summed E-state index contributed by atoms with van der Waals surface area (Å²) in [7, 11) is 0. The van der Waals surface area contributed by atoms with E-state index in [0.717, 1.165) is 16.9 Å². The predicted molar refractivity (Wildman–Crippen MR) is 94.0 cm³/mol. The van der Waals surface area contributed by atoms with Crippen molar-refractivity contribution in [2.24, 2.45) is 0 Å². The summed E-state index contributed by atoms with van der Waals surface area (Å²) in [5.74, 6) is 1.43. The van der Waals surface area contributed by atoms with Crippen LogP contribution in [0.4, 0.5) is 0 Å². The van der Waals surface area contributed by atoms with E-state index in [4.69, 9.17) is 9.26 Å². The Kier molecular flexibility index (Phi) is 5.46. The lowest BCUT2D eigenvalue weighted by atomic mass is 10.1. The van der Waals surface area contributed by atoms with Gasteiger partial charge in [-0.15, -0.1) is 0 Å². The second-order valence-electron chi connectivity index (χ2n) is 5.75. The van der Waals surface area contributed by atoms with Gasteiger partial charge in [-0.05, 0) is 30.2 Å². The molecule has 1 amide bonds. The Balaban J connectivity index is 1.56. The first-order chi connectivity index (χ1) is 12.2. The zero-order chi connectivity index (χ0) is 17.5. The summed E-state index contributed by atoms with van der Waals surface area (Å²) in [4.78, 5) is 12.1. The molecular formula is C20H20N2O3. The van der Waals surface area contributed by atoms with Gasteiger partial charge in [-0.3, -0.25) is 4.79 Å². The average Bonchev–Trinajstić information content (AvgIpc) is 3.04. The maximum Gasteiger partial charge on any atom is 0.226 e. The zero-order valence-electron chi connectivity index (χ0n) is 14.1. The number of aromatic nitrogens is 1. The Morgan fingerprint density at radius 2 is 1.80 bits per heavy atom. The smallest absolute Gasteiger partial charge is 0.226 e. The first-order valence-corrected chi connectivity index (χ1v) is 8.14. The minimum absolute atomic E-state index is 0.0907. The van der Waals surface area contributed by atoms with Crippen LogP contribution in [0, 0.1) is 6.92 Å². The molecular weight excluding hydrogens is 316 g/mol. The van der Waals surface area contributed by atoms with Crippen LogP contribution >= 0.6 is 0 Å². The Labute approximate surface area is 146 Å². The monoisotopic (exact) mass is 336 g/mol. The Morgan fingerprint density at radius 3 is 2.52 bits per heavy atom. The number of nitrogens with zero attached hydrogens (tertiary/aromatic N) is 1. The molecule has 0 unspecified atom stereocenters. The molecule has 0 saturated heterocycles. The van der Waals surface area contributed by atoms with Crippen molar-refractivity contribution >= 4 is 5.91 Å². The molecule has 0 radical (unpaired) electrons. The van der Waals surface area contributed by atoms with E-state index in [9.17, 15) is 4.79 Å². The van der Waals surface area contributed by atoms with Crippen LogP contribution in [0.15, 0.2) is 65.2 Å². The highest BCUT2D eigenvalue weighted by Gasteiger charge is 2.09. The number of ether oxygens (including phenoxy) is 1. The molecule has 0 fully saturated rings. The maximum absolute atomic E-state index is 12.1. The van der Waals surface area contributed by atoms with Gasteiger partial charge in [-0.2, -0.15) is 0 Å². The summed E-state index contributed by atoms with van der Waals surface area (Å²) in [6, 6.07) is 19.3. The lowest BCUT2D eigenvalue weighted by Crippen LogP contribution is -2.25. The lowest BCUT2D eigenvalue weighted by Gasteiger charge is -2.12. The van der Waals surface area contributed by atoms with Crippen LogP contribution in [-0.4, -0.2) is 11.1 Å². The van der Waals surface area contributed by atoms with E-state index < -0.39 is 0 Å². The first kappa shape index (κ1) is 16.8. The number of hydrogen-bond acceptors (Lipinski definition) is 4. The molecule has 3 aromatic rings. The highest BCUT2D eigenvalue weighted by Crippen LogP contribution is 2.14. The number of benzene rings is 2. The molecule has 0 aliphatic rings. The summed E-state index contributed by atoms with van der Waals surface area (Å²) < 4.78 is 10.8. The molecule has 1 heterocycles. The van der Waals surface area contributed by atoms with Gasteiger partial charge in [0.15, 0.2) is 0 Å². The van der Waals surface area contributed by atoms with Crippen LogP contribution in [0.25, 0.3) is 0 Å². The van der Waals surface area contributed by atoms with E-state index in [2.05, 4.69) is 10.5 Å². The van der Waals surface area contributed by atoms with Gasteiger partial charge in [0, 0.05) is 12.6 Å². The minimum atomic E-state index is -0.0907. The highest BCUT2D eigenvalue weighted by atomic mass is 16.5. The first-order valence-electron chi connectivity index (χ1n) is 8.14. The van der Waals surface area contributed by atoms with Crippen LogP contribution in [0.2, 0.25) is 0 Å². The zero-order valence-corrected chi connectivity index (χ0v) is 14.1. The quantitative estimate of drug-likeness (QED) is 0.718. The van der Waals surface area contributed by atoms with Gasteiger partial charge in [-0.25, -0.2) is 0 Å². The third kappa shape index (κ3) is 4.94. The summed E-state index contributed by atoms with van der Waals surface area (Å²) in [6.45, 7) is 2.71.